The van der Waals surface area contributed by atoms with E-state index in [2.05, 4.69) is 11.1 Å². The summed E-state index contributed by atoms with van der Waals surface area (Å²) in [5.41, 5.74) is 10.3. The highest BCUT2D eigenvalue weighted by atomic mass is 19.1. The SMILES string of the molecule is COc1cc(-c2c(-c3ccccc3)cnc(N)c2C#N)ccc1OCc1ccc(F)cc1. The largest absolute Gasteiger partial charge is 0.493 e. The summed E-state index contributed by atoms with van der Waals surface area (Å²) in [4.78, 5) is 4.21. The first-order chi connectivity index (χ1) is 15.6. The topological polar surface area (TPSA) is 81.2 Å². The van der Waals surface area contributed by atoms with Gasteiger partial charge in [-0.25, -0.2) is 9.37 Å². The molecule has 3 aromatic carbocycles. The molecule has 32 heavy (non-hydrogen) atoms. The number of nitrogens with zero attached hydrogens (tertiary/aromatic N) is 2. The Morgan fingerprint density at radius 1 is 0.969 bits per heavy atom. The lowest BCUT2D eigenvalue weighted by atomic mass is 9.92. The first-order valence-corrected chi connectivity index (χ1v) is 9.90. The lowest BCUT2D eigenvalue weighted by Gasteiger charge is -2.16. The van der Waals surface area contributed by atoms with Crippen molar-refractivity contribution in [2.24, 2.45) is 0 Å². The Morgan fingerprint density at radius 3 is 2.41 bits per heavy atom. The van der Waals surface area contributed by atoms with Gasteiger partial charge in [0.25, 0.3) is 0 Å². The quantitative estimate of drug-likeness (QED) is 0.435. The van der Waals surface area contributed by atoms with Gasteiger partial charge in [-0.05, 0) is 41.0 Å². The minimum atomic E-state index is -0.296. The van der Waals surface area contributed by atoms with Crippen LogP contribution in [0.1, 0.15) is 11.1 Å². The van der Waals surface area contributed by atoms with Gasteiger partial charge in [-0.2, -0.15) is 5.26 Å². The lowest BCUT2D eigenvalue weighted by molar-refractivity contribution is 0.284. The normalized spacial score (nSPS) is 10.4. The number of ether oxygens (including phenoxy) is 2. The van der Waals surface area contributed by atoms with E-state index >= 15 is 0 Å². The molecule has 0 saturated heterocycles. The fourth-order valence-electron chi connectivity index (χ4n) is 3.46. The van der Waals surface area contributed by atoms with Gasteiger partial charge in [0.2, 0.25) is 0 Å². The van der Waals surface area contributed by atoms with Crippen molar-refractivity contribution in [1.82, 2.24) is 4.98 Å². The molecule has 0 aliphatic carbocycles. The van der Waals surface area contributed by atoms with Crippen LogP contribution in [0, 0.1) is 17.1 Å². The third kappa shape index (κ3) is 4.23. The zero-order valence-corrected chi connectivity index (χ0v) is 17.4. The number of aromatic nitrogens is 1. The van der Waals surface area contributed by atoms with E-state index in [1.807, 2.05) is 42.5 Å². The highest BCUT2D eigenvalue weighted by molar-refractivity contribution is 5.90. The molecule has 0 aliphatic heterocycles. The summed E-state index contributed by atoms with van der Waals surface area (Å²) >= 11 is 0. The average molecular weight is 425 g/mol. The second-order valence-electron chi connectivity index (χ2n) is 7.07. The van der Waals surface area contributed by atoms with Gasteiger partial charge in [0.1, 0.15) is 29.9 Å². The highest BCUT2D eigenvalue weighted by Crippen LogP contribution is 2.40. The van der Waals surface area contributed by atoms with Gasteiger partial charge in [0.15, 0.2) is 11.5 Å². The fourth-order valence-corrected chi connectivity index (χ4v) is 3.46. The summed E-state index contributed by atoms with van der Waals surface area (Å²) in [5, 5.41) is 9.79. The monoisotopic (exact) mass is 425 g/mol. The second-order valence-corrected chi connectivity index (χ2v) is 7.07. The molecule has 0 spiro atoms. The summed E-state index contributed by atoms with van der Waals surface area (Å²) in [5.74, 6) is 0.901. The molecule has 0 fully saturated rings. The lowest BCUT2D eigenvalue weighted by Crippen LogP contribution is -2.01. The molecular weight excluding hydrogens is 405 g/mol. The molecule has 5 nitrogen and oxygen atoms in total. The Hall–Kier alpha value is -4.37. The molecule has 0 saturated carbocycles. The molecule has 2 N–H and O–H groups in total. The van der Waals surface area contributed by atoms with E-state index in [0.29, 0.717) is 22.6 Å². The molecule has 0 radical (unpaired) electrons. The molecular formula is C26H20FN3O2. The number of benzene rings is 3. The van der Waals surface area contributed by atoms with Gasteiger partial charge in [0, 0.05) is 17.3 Å². The number of hydrogen-bond donors (Lipinski definition) is 1. The van der Waals surface area contributed by atoms with E-state index in [1.165, 1.54) is 12.1 Å². The van der Waals surface area contributed by atoms with Crippen LogP contribution in [0.25, 0.3) is 22.3 Å². The van der Waals surface area contributed by atoms with Crippen molar-refractivity contribution in [3.63, 3.8) is 0 Å². The summed E-state index contributed by atoms with van der Waals surface area (Å²) in [6.07, 6.45) is 1.67. The third-order valence-electron chi connectivity index (χ3n) is 5.06. The smallest absolute Gasteiger partial charge is 0.161 e. The van der Waals surface area contributed by atoms with Gasteiger partial charge < -0.3 is 15.2 Å². The molecule has 1 heterocycles. The van der Waals surface area contributed by atoms with Crippen molar-refractivity contribution in [3.05, 3.63) is 95.9 Å². The number of halogens is 1. The van der Waals surface area contributed by atoms with Crippen molar-refractivity contribution in [3.8, 4) is 39.8 Å². The van der Waals surface area contributed by atoms with Crippen LogP contribution < -0.4 is 15.2 Å². The molecule has 0 atom stereocenters. The Kier molecular flexibility index (Phi) is 6.00. The van der Waals surface area contributed by atoms with Crippen molar-refractivity contribution < 1.29 is 13.9 Å². The minimum Gasteiger partial charge on any atom is -0.493 e. The Labute approximate surface area is 185 Å². The van der Waals surface area contributed by atoms with Crippen LogP contribution in [0.3, 0.4) is 0 Å². The maximum Gasteiger partial charge on any atom is 0.161 e. The number of nitriles is 1. The molecule has 4 rings (SSSR count). The molecule has 158 valence electrons. The van der Waals surface area contributed by atoms with Crippen LogP contribution >= 0.6 is 0 Å². The van der Waals surface area contributed by atoms with Crippen LogP contribution in [-0.4, -0.2) is 12.1 Å². The molecule has 0 bridgehead atoms. The summed E-state index contributed by atoms with van der Waals surface area (Å²) in [6, 6.07) is 23.4. The number of pyridine rings is 1. The molecule has 1 aromatic heterocycles. The number of hydrogen-bond acceptors (Lipinski definition) is 5. The number of anilines is 1. The van der Waals surface area contributed by atoms with Crippen molar-refractivity contribution in [2.75, 3.05) is 12.8 Å². The Bertz CT molecular complexity index is 1280. The van der Waals surface area contributed by atoms with Gasteiger partial charge >= 0.3 is 0 Å². The zero-order valence-electron chi connectivity index (χ0n) is 17.4. The van der Waals surface area contributed by atoms with E-state index in [0.717, 1.165) is 22.3 Å². The first-order valence-electron chi connectivity index (χ1n) is 9.90. The van der Waals surface area contributed by atoms with Gasteiger partial charge in [0.05, 0.1) is 7.11 Å². The van der Waals surface area contributed by atoms with Gasteiger partial charge in [-0.3, -0.25) is 0 Å². The van der Waals surface area contributed by atoms with Crippen LogP contribution in [0.2, 0.25) is 0 Å². The molecule has 0 amide bonds. The second kappa shape index (κ2) is 9.19. The molecule has 0 aliphatic rings. The van der Waals surface area contributed by atoms with E-state index in [9.17, 15) is 9.65 Å². The number of methoxy groups -OCH3 is 1. The minimum absolute atomic E-state index is 0.165. The van der Waals surface area contributed by atoms with Crippen LogP contribution in [0.4, 0.5) is 10.2 Å². The Morgan fingerprint density at radius 2 is 1.72 bits per heavy atom. The van der Waals surface area contributed by atoms with Gasteiger partial charge in [-0.15, -0.1) is 0 Å². The van der Waals surface area contributed by atoms with Gasteiger partial charge in [-0.1, -0.05) is 48.5 Å². The Balaban J connectivity index is 1.75. The summed E-state index contributed by atoms with van der Waals surface area (Å²) < 4.78 is 24.6. The van der Waals surface area contributed by atoms with Crippen molar-refractivity contribution in [1.29, 1.82) is 5.26 Å². The number of nitrogen functional groups attached to an aromatic ring is 1. The zero-order chi connectivity index (χ0) is 22.5. The number of nitrogens with two attached hydrogens (primary N) is 1. The summed E-state index contributed by atoms with van der Waals surface area (Å²) in [7, 11) is 1.55. The van der Waals surface area contributed by atoms with Crippen molar-refractivity contribution >= 4 is 5.82 Å². The average Bonchev–Trinajstić information content (AvgIpc) is 2.84. The van der Waals surface area contributed by atoms with E-state index in [1.54, 1.807) is 31.5 Å². The maximum absolute atomic E-state index is 13.1. The van der Waals surface area contributed by atoms with E-state index < -0.39 is 0 Å². The molecule has 4 aromatic rings. The van der Waals surface area contributed by atoms with Crippen LogP contribution in [0.5, 0.6) is 11.5 Å². The summed E-state index contributed by atoms with van der Waals surface area (Å²) in [6.45, 7) is 0.261. The predicted molar refractivity (Wildman–Crippen MR) is 122 cm³/mol. The predicted octanol–water partition coefficient (Wildman–Crippen LogP) is 5.60. The first kappa shape index (κ1) is 20.9. The fraction of sp³-hybridized carbons (Fsp3) is 0.0769. The van der Waals surface area contributed by atoms with Crippen molar-refractivity contribution in [2.45, 2.75) is 6.61 Å². The van der Waals surface area contributed by atoms with Crippen LogP contribution in [-0.2, 0) is 6.61 Å². The van der Waals surface area contributed by atoms with E-state index in [-0.39, 0.29) is 18.2 Å². The maximum atomic E-state index is 13.1. The highest BCUT2D eigenvalue weighted by Gasteiger charge is 2.18. The standard InChI is InChI=1S/C26H20FN3O2/c1-31-24-13-19(9-12-23(24)32-16-17-7-10-20(27)11-8-17)25-21(14-28)26(29)30-15-22(25)18-5-3-2-4-6-18/h2-13,15H,16H2,1H3,(H2,29,30). The third-order valence-corrected chi connectivity index (χ3v) is 5.06. The molecule has 6 heteroatoms. The van der Waals surface area contributed by atoms with Crippen LogP contribution in [0.15, 0.2) is 79.0 Å². The number of rotatable bonds is 6. The molecule has 0 unspecified atom stereocenters. The van der Waals surface area contributed by atoms with E-state index in [4.69, 9.17) is 15.2 Å².